The van der Waals surface area contributed by atoms with E-state index in [0.29, 0.717) is 18.4 Å². The maximum atomic E-state index is 12.5. The predicted molar refractivity (Wildman–Crippen MR) is 103 cm³/mol. The van der Waals surface area contributed by atoms with Crippen molar-refractivity contribution in [2.45, 2.75) is 84.5 Å². The lowest BCUT2D eigenvalue weighted by atomic mass is 9.93. The third-order valence-electron chi connectivity index (χ3n) is 5.33. The number of rotatable bonds is 4. The number of ether oxygens (including phenoxy) is 1. The predicted octanol–water partition coefficient (Wildman–Crippen LogP) is 4.39. The van der Waals surface area contributed by atoms with E-state index in [0.717, 1.165) is 42.5 Å². The van der Waals surface area contributed by atoms with E-state index in [-0.39, 0.29) is 25.0 Å². The fraction of sp³-hybridized carbons (Fsp3) is 0.650. The van der Waals surface area contributed by atoms with E-state index in [1.54, 1.807) is 0 Å². The van der Waals surface area contributed by atoms with E-state index < -0.39 is 0 Å². The number of nitrogens with zero attached hydrogens (tertiary/aromatic N) is 3. The van der Waals surface area contributed by atoms with Crippen molar-refractivity contribution in [1.29, 1.82) is 0 Å². The zero-order valence-electron chi connectivity index (χ0n) is 15.2. The largest absolute Gasteiger partial charge is 0.372 e. The van der Waals surface area contributed by atoms with Crippen LogP contribution in [0.3, 0.4) is 0 Å². The summed E-state index contributed by atoms with van der Waals surface area (Å²) in [5.74, 6) is 0.593. The van der Waals surface area contributed by atoms with Gasteiger partial charge in [0.1, 0.15) is 5.52 Å². The summed E-state index contributed by atoms with van der Waals surface area (Å²) in [6.45, 7) is 6.14. The SMILES string of the molecule is C.Cc1ccc2nc(NC(=O)CC3CCC(C)(C)O3)n(C3CCC3)c2n1. The third kappa shape index (κ3) is 3.61. The number of hydrogen-bond acceptors (Lipinski definition) is 4. The molecule has 2 aromatic rings. The van der Waals surface area contributed by atoms with Gasteiger partial charge in [0, 0.05) is 11.7 Å². The van der Waals surface area contributed by atoms with Crippen LogP contribution in [0.1, 0.15) is 71.5 Å². The molecular weight excluding hydrogens is 328 g/mol. The van der Waals surface area contributed by atoms with Crippen LogP contribution < -0.4 is 5.32 Å². The van der Waals surface area contributed by atoms with Crippen molar-refractivity contribution in [3.63, 3.8) is 0 Å². The first-order valence-electron chi connectivity index (χ1n) is 9.24. The quantitative estimate of drug-likeness (QED) is 0.880. The van der Waals surface area contributed by atoms with Crippen molar-refractivity contribution in [2.75, 3.05) is 5.32 Å². The number of fused-ring (bicyclic) bond motifs is 1. The number of amides is 1. The Bertz CT molecular complexity index is 807. The molecule has 1 atom stereocenters. The summed E-state index contributed by atoms with van der Waals surface area (Å²) in [5, 5.41) is 3.02. The number of carbonyl (C=O) groups excluding carboxylic acids is 1. The van der Waals surface area contributed by atoms with Gasteiger partial charge in [-0.05, 0) is 65.0 Å². The molecule has 0 bridgehead atoms. The normalized spacial score (nSPS) is 22.0. The van der Waals surface area contributed by atoms with Crippen molar-refractivity contribution in [3.05, 3.63) is 17.8 Å². The first kappa shape index (κ1) is 18.8. The van der Waals surface area contributed by atoms with Crippen LogP contribution in [0.15, 0.2) is 12.1 Å². The molecule has 1 unspecified atom stereocenters. The molecule has 26 heavy (non-hydrogen) atoms. The summed E-state index contributed by atoms with van der Waals surface area (Å²) in [7, 11) is 0. The Kier molecular flexibility index (Phi) is 5.06. The highest BCUT2D eigenvalue weighted by Crippen LogP contribution is 2.37. The summed E-state index contributed by atoms with van der Waals surface area (Å²) >= 11 is 0. The molecule has 1 aliphatic heterocycles. The van der Waals surface area contributed by atoms with E-state index in [1.165, 1.54) is 6.42 Å². The fourth-order valence-electron chi connectivity index (χ4n) is 3.75. The minimum absolute atomic E-state index is 0. The molecular formula is C20H30N4O2. The van der Waals surface area contributed by atoms with Crippen LogP contribution in [0, 0.1) is 6.92 Å². The van der Waals surface area contributed by atoms with Crippen molar-refractivity contribution >= 4 is 23.0 Å². The van der Waals surface area contributed by atoms with Gasteiger partial charge in [0.25, 0.3) is 0 Å². The number of carbonyl (C=O) groups is 1. The van der Waals surface area contributed by atoms with Gasteiger partial charge in [0.05, 0.1) is 18.1 Å². The maximum absolute atomic E-state index is 12.5. The number of aromatic nitrogens is 3. The molecule has 1 saturated heterocycles. The van der Waals surface area contributed by atoms with Gasteiger partial charge in [-0.1, -0.05) is 7.43 Å². The molecule has 1 saturated carbocycles. The molecule has 1 amide bonds. The molecule has 2 aromatic heterocycles. The summed E-state index contributed by atoms with van der Waals surface area (Å²) in [4.78, 5) is 21.8. The minimum Gasteiger partial charge on any atom is -0.372 e. The third-order valence-corrected chi connectivity index (χ3v) is 5.33. The van der Waals surface area contributed by atoms with Gasteiger partial charge in [0.15, 0.2) is 5.65 Å². The Morgan fingerprint density at radius 1 is 1.31 bits per heavy atom. The molecule has 4 rings (SSSR count). The zero-order chi connectivity index (χ0) is 17.6. The highest BCUT2D eigenvalue weighted by Gasteiger charge is 2.33. The number of imidazole rings is 1. The summed E-state index contributed by atoms with van der Waals surface area (Å²) in [6.07, 6.45) is 5.75. The summed E-state index contributed by atoms with van der Waals surface area (Å²) in [6, 6.07) is 4.32. The Hall–Kier alpha value is -1.95. The van der Waals surface area contributed by atoms with E-state index in [1.807, 2.05) is 19.1 Å². The lowest BCUT2D eigenvalue weighted by Crippen LogP contribution is -2.26. The van der Waals surface area contributed by atoms with Gasteiger partial charge in [-0.3, -0.25) is 14.7 Å². The van der Waals surface area contributed by atoms with Gasteiger partial charge in [-0.25, -0.2) is 9.97 Å². The molecule has 1 aliphatic carbocycles. The van der Waals surface area contributed by atoms with Crippen LogP contribution >= 0.6 is 0 Å². The van der Waals surface area contributed by atoms with Crippen LogP contribution in [0.2, 0.25) is 0 Å². The number of nitrogens with one attached hydrogen (secondary N) is 1. The zero-order valence-corrected chi connectivity index (χ0v) is 15.2. The Morgan fingerprint density at radius 2 is 2.08 bits per heavy atom. The molecule has 6 nitrogen and oxygen atoms in total. The smallest absolute Gasteiger partial charge is 0.229 e. The lowest BCUT2D eigenvalue weighted by Gasteiger charge is -2.28. The Labute approximate surface area is 155 Å². The molecule has 3 heterocycles. The number of aryl methyl sites for hydroxylation is 1. The Morgan fingerprint density at radius 3 is 2.69 bits per heavy atom. The Balaban J connectivity index is 0.00000196. The van der Waals surface area contributed by atoms with Gasteiger partial charge >= 0.3 is 0 Å². The van der Waals surface area contributed by atoms with Gasteiger partial charge < -0.3 is 4.74 Å². The highest BCUT2D eigenvalue weighted by molar-refractivity contribution is 5.91. The first-order valence-corrected chi connectivity index (χ1v) is 9.24. The number of hydrogen-bond donors (Lipinski definition) is 1. The molecule has 0 spiro atoms. The standard InChI is InChI=1S/C19H26N4O2.CH4/c1-12-7-8-15-17(20-12)23(13-5-4-6-13)18(21-15)22-16(24)11-14-9-10-19(2,3)25-14;/h7-8,13-14H,4-6,9-11H2,1-3H3,(H,21,22,24);1H4. The van der Waals surface area contributed by atoms with E-state index in [4.69, 9.17) is 4.74 Å². The van der Waals surface area contributed by atoms with E-state index in [2.05, 4.69) is 33.7 Å². The lowest BCUT2D eigenvalue weighted by molar-refractivity contribution is -0.119. The fourth-order valence-corrected chi connectivity index (χ4v) is 3.75. The second kappa shape index (κ2) is 6.99. The van der Waals surface area contributed by atoms with Crippen LogP contribution in [0.5, 0.6) is 0 Å². The first-order chi connectivity index (χ1) is 11.9. The van der Waals surface area contributed by atoms with Crippen LogP contribution in [-0.2, 0) is 9.53 Å². The van der Waals surface area contributed by atoms with Crippen molar-refractivity contribution in [1.82, 2.24) is 14.5 Å². The van der Waals surface area contributed by atoms with Crippen molar-refractivity contribution < 1.29 is 9.53 Å². The van der Waals surface area contributed by atoms with Crippen LogP contribution in [-0.4, -0.2) is 32.1 Å². The second-order valence-corrected chi connectivity index (χ2v) is 7.98. The summed E-state index contributed by atoms with van der Waals surface area (Å²) < 4.78 is 8.06. The number of pyridine rings is 1. The molecule has 0 radical (unpaired) electrons. The molecule has 2 aliphatic rings. The maximum Gasteiger partial charge on any atom is 0.229 e. The average Bonchev–Trinajstić information content (AvgIpc) is 2.98. The van der Waals surface area contributed by atoms with Crippen molar-refractivity contribution in [3.8, 4) is 0 Å². The minimum atomic E-state index is -0.120. The average molecular weight is 358 g/mol. The molecule has 142 valence electrons. The monoisotopic (exact) mass is 358 g/mol. The summed E-state index contributed by atoms with van der Waals surface area (Å²) in [5.41, 5.74) is 2.56. The van der Waals surface area contributed by atoms with Crippen LogP contribution in [0.4, 0.5) is 5.95 Å². The number of anilines is 1. The van der Waals surface area contributed by atoms with Gasteiger partial charge in [0.2, 0.25) is 11.9 Å². The second-order valence-electron chi connectivity index (χ2n) is 7.98. The topological polar surface area (TPSA) is 69.0 Å². The molecule has 0 aromatic carbocycles. The van der Waals surface area contributed by atoms with Crippen LogP contribution in [0.25, 0.3) is 11.2 Å². The molecule has 2 fully saturated rings. The van der Waals surface area contributed by atoms with E-state index in [9.17, 15) is 4.79 Å². The van der Waals surface area contributed by atoms with Crippen molar-refractivity contribution in [2.24, 2.45) is 0 Å². The van der Waals surface area contributed by atoms with Gasteiger partial charge in [-0.2, -0.15) is 0 Å². The highest BCUT2D eigenvalue weighted by atomic mass is 16.5. The van der Waals surface area contributed by atoms with Gasteiger partial charge in [-0.15, -0.1) is 0 Å². The molecule has 1 N–H and O–H groups in total. The molecule has 6 heteroatoms. The van der Waals surface area contributed by atoms with E-state index >= 15 is 0 Å².